The Morgan fingerprint density at radius 3 is 2.47 bits per heavy atom. The SMILES string of the molecule is CCCCCCn1nc(C)c(C(Cl)CC)c1C. The number of aryl methyl sites for hydroxylation is 2. The number of aromatic nitrogens is 2. The largest absolute Gasteiger partial charge is 0.269 e. The average Bonchev–Trinajstić information content (AvgIpc) is 2.59. The fraction of sp³-hybridized carbons (Fsp3) is 0.786. The van der Waals surface area contributed by atoms with Crippen LogP contribution in [0.15, 0.2) is 0 Å². The number of alkyl halides is 1. The zero-order valence-electron chi connectivity index (χ0n) is 11.6. The second-order valence-electron chi connectivity index (χ2n) is 4.74. The zero-order valence-corrected chi connectivity index (χ0v) is 12.3. The van der Waals surface area contributed by atoms with Crippen LogP contribution in [-0.2, 0) is 6.54 Å². The van der Waals surface area contributed by atoms with Crippen LogP contribution in [-0.4, -0.2) is 9.78 Å². The molecule has 2 nitrogen and oxygen atoms in total. The Kier molecular flexibility index (Phi) is 6.04. The van der Waals surface area contributed by atoms with Crippen LogP contribution >= 0.6 is 11.6 Å². The topological polar surface area (TPSA) is 17.8 Å². The van der Waals surface area contributed by atoms with E-state index in [0.717, 1.165) is 18.7 Å². The summed E-state index contributed by atoms with van der Waals surface area (Å²) in [7, 11) is 0. The number of rotatable bonds is 7. The van der Waals surface area contributed by atoms with Crippen molar-refractivity contribution in [2.45, 2.75) is 71.7 Å². The van der Waals surface area contributed by atoms with Gasteiger partial charge in [0.1, 0.15) is 0 Å². The third kappa shape index (κ3) is 3.74. The van der Waals surface area contributed by atoms with E-state index in [1.54, 1.807) is 0 Å². The first-order valence-electron chi connectivity index (χ1n) is 6.79. The van der Waals surface area contributed by atoms with Crippen molar-refractivity contribution >= 4 is 11.6 Å². The van der Waals surface area contributed by atoms with Gasteiger partial charge in [-0.15, -0.1) is 11.6 Å². The molecule has 1 heterocycles. The van der Waals surface area contributed by atoms with E-state index in [4.69, 9.17) is 11.6 Å². The molecular formula is C14H25ClN2. The van der Waals surface area contributed by atoms with E-state index in [0.29, 0.717) is 0 Å². The summed E-state index contributed by atoms with van der Waals surface area (Å²) in [4.78, 5) is 0. The Bertz CT molecular complexity index is 344. The van der Waals surface area contributed by atoms with Crippen LogP contribution in [0.4, 0.5) is 0 Å². The Balaban J connectivity index is 2.68. The van der Waals surface area contributed by atoms with Gasteiger partial charge in [0.25, 0.3) is 0 Å². The smallest absolute Gasteiger partial charge is 0.0643 e. The number of hydrogen-bond donors (Lipinski definition) is 0. The minimum atomic E-state index is 0.111. The lowest BCUT2D eigenvalue weighted by molar-refractivity contribution is 0.529. The highest BCUT2D eigenvalue weighted by Crippen LogP contribution is 2.29. The molecule has 0 saturated carbocycles. The molecule has 1 unspecified atom stereocenters. The molecule has 0 spiro atoms. The molecule has 1 aromatic rings. The molecule has 17 heavy (non-hydrogen) atoms. The van der Waals surface area contributed by atoms with Gasteiger partial charge in [0.05, 0.1) is 11.1 Å². The van der Waals surface area contributed by atoms with Crippen LogP contribution in [0.5, 0.6) is 0 Å². The molecule has 1 aromatic heterocycles. The average molecular weight is 257 g/mol. The third-order valence-electron chi connectivity index (χ3n) is 3.33. The maximum atomic E-state index is 6.34. The van der Waals surface area contributed by atoms with Gasteiger partial charge in [0, 0.05) is 17.8 Å². The van der Waals surface area contributed by atoms with Crippen LogP contribution in [0.2, 0.25) is 0 Å². The van der Waals surface area contributed by atoms with E-state index < -0.39 is 0 Å². The van der Waals surface area contributed by atoms with Crippen LogP contribution in [0, 0.1) is 13.8 Å². The van der Waals surface area contributed by atoms with Crippen molar-refractivity contribution in [2.75, 3.05) is 0 Å². The lowest BCUT2D eigenvalue weighted by atomic mass is 10.1. The van der Waals surface area contributed by atoms with Gasteiger partial charge in [-0.05, 0) is 26.7 Å². The lowest BCUT2D eigenvalue weighted by Crippen LogP contribution is -2.03. The van der Waals surface area contributed by atoms with E-state index in [2.05, 4.69) is 37.5 Å². The maximum absolute atomic E-state index is 6.34. The third-order valence-corrected chi connectivity index (χ3v) is 3.86. The normalized spacial score (nSPS) is 13.0. The maximum Gasteiger partial charge on any atom is 0.0643 e. The fourth-order valence-electron chi connectivity index (χ4n) is 2.27. The molecule has 0 N–H and O–H groups in total. The second-order valence-corrected chi connectivity index (χ2v) is 5.27. The highest BCUT2D eigenvalue weighted by molar-refractivity contribution is 6.20. The van der Waals surface area contributed by atoms with Gasteiger partial charge in [-0.25, -0.2) is 0 Å². The second kappa shape index (κ2) is 7.05. The van der Waals surface area contributed by atoms with Gasteiger partial charge in [0.2, 0.25) is 0 Å². The van der Waals surface area contributed by atoms with E-state index in [-0.39, 0.29) is 5.38 Å². The Morgan fingerprint density at radius 1 is 1.18 bits per heavy atom. The first-order chi connectivity index (χ1) is 8.11. The molecule has 0 radical (unpaired) electrons. The molecule has 0 saturated heterocycles. The summed E-state index contributed by atoms with van der Waals surface area (Å²) in [5.74, 6) is 0. The van der Waals surface area contributed by atoms with Gasteiger partial charge >= 0.3 is 0 Å². The Hall–Kier alpha value is -0.500. The summed E-state index contributed by atoms with van der Waals surface area (Å²) < 4.78 is 2.13. The van der Waals surface area contributed by atoms with E-state index in [1.165, 1.54) is 36.9 Å². The number of unbranched alkanes of at least 4 members (excludes halogenated alkanes) is 3. The van der Waals surface area contributed by atoms with Gasteiger partial charge in [-0.2, -0.15) is 5.10 Å². The fourth-order valence-corrected chi connectivity index (χ4v) is 2.59. The van der Waals surface area contributed by atoms with Gasteiger partial charge in [-0.1, -0.05) is 33.1 Å². The summed E-state index contributed by atoms with van der Waals surface area (Å²) in [6.45, 7) is 9.59. The molecule has 0 fully saturated rings. The predicted molar refractivity (Wildman–Crippen MR) is 74.7 cm³/mol. The van der Waals surface area contributed by atoms with Gasteiger partial charge in [0.15, 0.2) is 0 Å². The summed E-state index contributed by atoms with van der Waals surface area (Å²) >= 11 is 6.34. The van der Waals surface area contributed by atoms with Crippen molar-refractivity contribution in [1.29, 1.82) is 0 Å². The van der Waals surface area contributed by atoms with Crippen molar-refractivity contribution < 1.29 is 0 Å². The lowest BCUT2D eigenvalue weighted by Gasteiger charge is -2.08. The molecule has 1 rings (SSSR count). The molecule has 0 aliphatic heterocycles. The Labute approximate surface area is 110 Å². The van der Waals surface area contributed by atoms with Crippen molar-refractivity contribution in [3.05, 3.63) is 17.0 Å². The van der Waals surface area contributed by atoms with E-state index in [9.17, 15) is 0 Å². The molecule has 3 heteroatoms. The molecule has 0 aliphatic carbocycles. The van der Waals surface area contributed by atoms with Crippen LogP contribution < -0.4 is 0 Å². The Morgan fingerprint density at radius 2 is 1.88 bits per heavy atom. The minimum absolute atomic E-state index is 0.111. The standard InChI is InChI=1S/C14H25ClN2/c1-5-7-8-9-10-17-12(4)14(11(3)16-17)13(15)6-2/h13H,5-10H2,1-4H3. The molecule has 0 amide bonds. The van der Waals surface area contributed by atoms with Gasteiger partial charge < -0.3 is 0 Å². The van der Waals surface area contributed by atoms with Crippen molar-refractivity contribution in [3.63, 3.8) is 0 Å². The summed E-state index contributed by atoms with van der Waals surface area (Å²) in [5, 5.41) is 4.72. The first-order valence-corrected chi connectivity index (χ1v) is 7.23. The zero-order chi connectivity index (χ0) is 12.8. The summed E-state index contributed by atoms with van der Waals surface area (Å²) in [6, 6.07) is 0. The van der Waals surface area contributed by atoms with Gasteiger partial charge in [-0.3, -0.25) is 4.68 Å². The van der Waals surface area contributed by atoms with E-state index >= 15 is 0 Å². The molecule has 0 aliphatic rings. The number of nitrogens with zero attached hydrogens (tertiary/aromatic N) is 2. The molecule has 98 valence electrons. The molecule has 1 atom stereocenters. The van der Waals surface area contributed by atoms with E-state index in [1.807, 2.05) is 0 Å². The molecule has 0 bridgehead atoms. The first kappa shape index (κ1) is 14.6. The van der Waals surface area contributed by atoms with Crippen LogP contribution in [0.3, 0.4) is 0 Å². The minimum Gasteiger partial charge on any atom is -0.269 e. The number of hydrogen-bond acceptors (Lipinski definition) is 1. The monoisotopic (exact) mass is 256 g/mol. The van der Waals surface area contributed by atoms with Crippen LogP contribution in [0.25, 0.3) is 0 Å². The van der Waals surface area contributed by atoms with Crippen molar-refractivity contribution in [2.24, 2.45) is 0 Å². The highest BCUT2D eigenvalue weighted by atomic mass is 35.5. The quantitative estimate of drug-likeness (QED) is 0.508. The molecule has 0 aromatic carbocycles. The highest BCUT2D eigenvalue weighted by Gasteiger charge is 2.17. The number of halogens is 1. The van der Waals surface area contributed by atoms with Crippen molar-refractivity contribution in [3.8, 4) is 0 Å². The van der Waals surface area contributed by atoms with Crippen LogP contribution in [0.1, 0.15) is 68.3 Å². The summed E-state index contributed by atoms with van der Waals surface area (Å²) in [5.41, 5.74) is 3.59. The van der Waals surface area contributed by atoms with Crippen molar-refractivity contribution in [1.82, 2.24) is 9.78 Å². The predicted octanol–water partition coefficient (Wildman–Crippen LogP) is 4.77. The molecular weight excluding hydrogens is 232 g/mol. The summed E-state index contributed by atoms with van der Waals surface area (Å²) in [6.07, 6.45) is 6.07.